The Morgan fingerprint density at radius 2 is 2.32 bits per heavy atom. The monoisotopic (exact) mass is 256 g/mol. The third-order valence-electron chi connectivity index (χ3n) is 4.50. The molecule has 1 saturated carbocycles. The summed E-state index contributed by atoms with van der Waals surface area (Å²) in [7, 11) is 0. The molecule has 1 aliphatic carbocycles. The van der Waals surface area contributed by atoms with Crippen molar-refractivity contribution in [3.05, 3.63) is 24.2 Å². The SMILES string of the molecule is CC1(c2nc3cccnc3n2C2CC2)CCCNC1. The van der Waals surface area contributed by atoms with Crippen molar-refractivity contribution in [1.29, 1.82) is 0 Å². The number of fused-ring (bicyclic) bond motifs is 1. The average molecular weight is 256 g/mol. The quantitative estimate of drug-likeness (QED) is 0.897. The van der Waals surface area contributed by atoms with Crippen LogP contribution in [0.5, 0.6) is 0 Å². The Labute approximate surface area is 113 Å². The summed E-state index contributed by atoms with van der Waals surface area (Å²) in [4.78, 5) is 9.50. The van der Waals surface area contributed by atoms with E-state index in [4.69, 9.17) is 4.98 Å². The molecule has 2 fully saturated rings. The molecule has 0 bridgehead atoms. The van der Waals surface area contributed by atoms with Crippen molar-refractivity contribution in [2.24, 2.45) is 0 Å². The van der Waals surface area contributed by atoms with Crippen LogP contribution in [-0.2, 0) is 5.41 Å². The van der Waals surface area contributed by atoms with Gasteiger partial charge in [0, 0.05) is 24.2 Å². The van der Waals surface area contributed by atoms with Gasteiger partial charge >= 0.3 is 0 Å². The Morgan fingerprint density at radius 1 is 1.42 bits per heavy atom. The van der Waals surface area contributed by atoms with E-state index in [1.54, 1.807) is 0 Å². The van der Waals surface area contributed by atoms with Crippen molar-refractivity contribution in [1.82, 2.24) is 19.9 Å². The summed E-state index contributed by atoms with van der Waals surface area (Å²) in [5.74, 6) is 1.25. The fraction of sp³-hybridized carbons (Fsp3) is 0.600. The summed E-state index contributed by atoms with van der Waals surface area (Å²) >= 11 is 0. The van der Waals surface area contributed by atoms with Gasteiger partial charge in [-0.15, -0.1) is 0 Å². The second-order valence-corrected chi connectivity index (χ2v) is 6.22. The molecular weight excluding hydrogens is 236 g/mol. The van der Waals surface area contributed by atoms with E-state index in [1.165, 1.54) is 31.5 Å². The third-order valence-corrected chi connectivity index (χ3v) is 4.50. The molecule has 2 aliphatic rings. The number of imidazole rings is 1. The summed E-state index contributed by atoms with van der Waals surface area (Å²) in [6, 6.07) is 4.70. The molecule has 2 aromatic rings. The number of pyridine rings is 1. The van der Waals surface area contributed by atoms with Gasteiger partial charge in [0.05, 0.1) is 0 Å². The minimum Gasteiger partial charge on any atom is -0.316 e. The normalized spacial score (nSPS) is 27.8. The first-order valence-corrected chi connectivity index (χ1v) is 7.32. The lowest BCUT2D eigenvalue weighted by atomic mass is 9.82. The molecule has 0 radical (unpaired) electrons. The minimum absolute atomic E-state index is 0.154. The summed E-state index contributed by atoms with van der Waals surface area (Å²) in [6.07, 6.45) is 6.89. The number of nitrogens with zero attached hydrogens (tertiary/aromatic N) is 3. The molecule has 0 amide bonds. The van der Waals surface area contributed by atoms with Crippen molar-refractivity contribution in [2.45, 2.75) is 44.1 Å². The predicted molar refractivity (Wildman–Crippen MR) is 75.3 cm³/mol. The number of nitrogens with one attached hydrogen (secondary N) is 1. The number of rotatable bonds is 2. The molecule has 3 heterocycles. The number of hydrogen-bond acceptors (Lipinski definition) is 3. The van der Waals surface area contributed by atoms with E-state index in [2.05, 4.69) is 27.9 Å². The molecular formula is C15H20N4. The van der Waals surface area contributed by atoms with Gasteiger partial charge in [-0.3, -0.25) is 0 Å². The fourth-order valence-corrected chi connectivity index (χ4v) is 3.28. The summed E-state index contributed by atoms with van der Waals surface area (Å²) < 4.78 is 2.42. The molecule has 1 atom stereocenters. The van der Waals surface area contributed by atoms with Crippen LogP contribution in [0.1, 0.15) is 44.5 Å². The Kier molecular flexibility index (Phi) is 2.42. The topological polar surface area (TPSA) is 42.7 Å². The standard InChI is InChI=1S/C15H20N4/c1-15(7-3-8-16-10-15)14-18-12-4-2-9-17-13(12)19(14)11-5-6-11/h2,4,9,11,16H,3,5-8,10H2,1H3. The van der Waals surface area contributed by atoms with Gasteiger partial charge in [0.1, 0.15) is 11.3 Å². The minimum atomic E-state index is 0.154. The van der Waals surface area contributed by atoms with Crippen LogP contribution in [0.3, 0.4) is 0 Å². The molecule has 4 rings (SSSR count). The Hall–Kier alpha value is -1.42. The maximum Gasteiger partial charge on any atom is 0.160 e. The van der Waals surface area contributed by atoms with Crippen LogP contribution in [0.4, 0.5) is 0 Å². The second kappa shape index (κ2) is 4.04. The van der Waals surface area contributed by atoms with E-state index in [-0.39, 0.29) is 5.41 Å². The van der Waals surface area contributed by atoms with E-state index in [0.29, 0.717) is 6.04 Å². The maximum absolute atomic E-state index is 4.93. The fourth-order valence-electron chi connectivity index (χ4n) is 3.28. The van der Waals surface area contributed by atoms with Crippen LogP contribution in [-0.4, -0.2) is 27.6 Å². The van der Waals surface area contributed by atoms with Crippen LogP contribution in [0, 0.1) is 0 Å². The average Bonchev–Trinajstić information content (AvgIpc) is 3.19. The van der Waals surface area contributed by atoms with Crippen LogP contribution in [0.2, 0.25) is 0 Å². The maximum atomic E-state index is 4.93. The number of piperidine rings is 1. The largest absolute Gasteiger partial charge is 0.316 e. The highest BCUT2D eigenvalue weighted by molar-refractivity contribution is 5.72. The third kappa shape index (κ3) is 1.77. The molecule has 0 spiro atoms. The van der Waals surface area contributed by atoms with Crippen molar-refractivity contribution in [3.63, 3.8) is 0 Å². The van der Waals surface area contributed by atoms with Crippen molar-refractivity contribution in [3.8, 4) is 0 Å². The molecule has 4 heteroatoms. The molecule has 2 aromatic heterocycles. The highest BCUT2D eigenvalue weighted by Crippen LogP contribution is 2.42. The van der Waals surface area contributed by atoms with Crippen LogP contribution >= 0.6 is 0 Å². The predicted octanol–water partition coefficient (Wildman–Crippen LogP) is 2.41. The molecule has 4 nitrogen and oxygen atoms in total. The molecule has 1 aliphatic heterocycles. The van der Waals surface area contributed by atoms with E-state index in [0.717, 1.165) is 24.3 Å². The van der Waals surface area contributed by atoms with Crippen molar-refractivity contribution in [2.75, 3.05) is 13.1 Å². The first-order chi connectivity index (χ1) is 9.28. The Morgan fingerprint density at radius 3 is 3.05 bits per heavy atom. The molecule has 0 aromatic carbocycles. The zero-order chi connectivity index (χ0) is 12.9. The van der Waals surface area contributed by atoms with E-state index in [1.807, 2.05) is 12.3 Å². The molecule has 1 N–H and O–H groups in total. The summed E-state index contributed by atoms with van der Waals surface area (Å²) in [5, 5.41) is 3.53. The smallest absolute Gasteiger partial charge is 0.160 e. The molecule has 19 heavy (non-hydrogen) atoms. The molecule has 1 unspecified atom stereocenters. The van der Waals surface area contributed by atoms with Gasteiger partial charge < -0.3 is 9.88 Å². The number of hydrogen-bond donors (Lipinski definition) is 1. The zero-order valence-electron chi connectivity index (χ0n) is 11.4. The highest BCUT2D eigenvalue weighted by atomic mass is 15.2. The molecule has 1 saturated heterocycles. The summed E-state index contributed by atoms with van der Waals surface area (Å²) in [6.45, 7) is 4.51. The van der Waals surface area contributed by atoms with Gasteiger partial charge in [-0.1, -0.05) is 6.92 Å². The zero-order valence-corrected chi connectivity index (χ0v) is 11.4. The second-order valence-electron chi connectivity index (χ2n) is 6.22. The van der Waals surface area contributed by atoms with Crippen LogP contribution < -0.4 is 5.32 Å². The van der Waals surface area contributed by atoms with Gasteiger partial charge in [0.15, 0.2) is 5.65 Å². The van der Waals surface area contributed by atoms with Crippen molar-refractivity contribution >= 4 is 11.2 Å². The van der Waals surface area contributed by atoms with E-state index >= 15 is 0 Å². The number of aromatic nitrogens is 3. The van der Waals surface area contributed by atoms with Crippen molar-refractivity contribution < 1.29 is 0 Å². The van der Waals surface area contributed by atoms with Gasteiger partial charge in [0.25, 0.3) is 0 Å². The molecule has 100 valence electrons. The van der Waals surface area contributed by atoms with Gasteiger partial charge in [0.2, 0.25) is 0 Å². The lowest BCUT2D eigenvalue weighted by Gasteiger charge is -2.34. The lowest BCUT2D eigenvalue weighted by molar-refractivity contribution is 0.314. The first kappa shape index (κ1) is 11.4. The van der Waals surface area contributed by atoms with E-state index < -0.39 is 0 Å². The van der Waals surface area contributed by atoms with Crippen LogP contribution in [0.25, 0.3) is 11.2 Å². The van der Waals surface area contributed by atoms with Gasteiger partial charge in [-0.05, 0) is 44.4 Å². The first-order valence-electron chi connectivity index (χ1n) is 7.32. The van der Waals surface area contributed by atoms with E-state index in [9.17, 15) is 0 Å². The highest BCUT2D eigenvalue weighted by Gasteiger charge is 2.38. The van der Waals surface area contributed by atoms with Crippen LogP contribution in [0.15, 0.2) is 18.3 Å². The van der Waals surface area contributed by atoms with Gasteiger partial charge in [-0.25, -0.2) is 9.97 Å². The Balaban J connectivity index is 1.90. The summed E-state index contributed by atoms with van der Waals surface area (Å²) in [5.41, 5.74) is 2.28. The Bertz CT molecular complexity index is 606. The lowest BCUT2D eigenvalue weighted by Crippen LogP contribution is -2.42. The van der Waals surface area contributed by atoms with Gasteiger partial charge in [-0.2, -0.15) is 0 Å².